The lowest BCUT2D eigenvalue weighted by molar-refractivity contribution is 0.669. The zero-order valence-corrected chi connectivity index (χ0v) is 31.4. The lowest BCUT2D eigenvalue weighted by Crippen LogP contribution is -2.33. The van der Waals surface area contributed by atoms with Crippen molar-refractivity contribution in [1.82, 2.24) is 4.57 Å². The van der Waals surface area contributed by atoms with Gasteiger partial charge in [-0.05, 0) is 111 Å². The lowest BCUT2D eigenvalue weighted by Gasteiger charge is -2.40. The first-order chi connectivity index (χ1) is 28.8. The van der Waals surface area contributed by atoms with Gasteiger partial charge in [-0.2, -0.15) is 0 Å². The van der Waals surface area contributed by atoms with Crippen LogP contribution in [0, 0.1) is 0 Å². The third kappa shape index (κ3) is 4.12. The van der Waals surface area contributed by atoms with E-state index >= 15 is 0 Å². The maximum Gasteiger partial charge on any atom is 0.137 e. The molecule has 9 aromatic carbocycles. The van der Waals surface area contributed by atoms with Crippen molar-refractivity contribution in [2.45, 2.75) is 5.41 Å². The summed E-state index contributed by atoms with van der Waals surface area (Å²) in [6.07, 6.45) is 0. The van der Waals surface area contributed by atoms with E-state index in [1.807, 2.05) is 12.1 Å². The van der Waals surface area contributed by atoms with E-state index in [0.29, 0.717) is 0 Å². The molecular weight excluding hydrogens is 705 g/mol. The lowest BCUT2D eigenvalue weighted by atomic mass is 9.65. The number of rotatable bonds is 4. The van der Waals surface area contributed by atoms with Crippen molar-refractivity contribution in [2.24, 2.45) is 0 Å². The SMILES string of the molecule is c1ccc(N(c2cccc(-c3cc4c5c(c3)c3ccccc3n5-c3ccccc3C43c4ccccc4-c4ccccc43)c2)c2ccc3c(c2)oc2ccccc23)cc1. The third-order valence-electron chi connectivity index (χ3n) is 12.7. The number of hydrogen-bond donors (Lipinski definition) is 0. The number of aromatic nitrogens is 1. The molecule has 0 fully saturated rings. The van der Waals surface area contributed by atoms with Crippen LogP contribution >= 0.6 is 0 Å². The van der Waals surface area contributed by atoms with Gasteiger partial charge in [0.25, 0.3) is 0 Å². The minimum Gasteiger partial charge on any atom is -0.456 e. The maximum atomic E-state index is 6.41. The van der Waals surface area contributed by atoms with Gasteiger partial charge in [0, 0.05) is 44.7 Å². The number of nitrogens with zero attached hydrogens (tertiary/aromatic N) is 2. The van der Waals surface area contributed by atoms with Crippen molar-refractivity contribution in [1.29, 1.82) is 0 Å². The smallest absolute Gasteiger partial charge is 0.137 e. The highest BCUT2D eigenvalue weighted by Crippen LogP contribution is 2.61. The molecule has 0 atom stereocenters. The minimum absolute atomic E-state index is 0.502. The van der Waals surface area contributed by atoms with E-state index in [1.54, 1.807) is 0 Å². The minimum atomic E-state index is -0.502. The molecule has 3 heteroatoms. The second-order valence-corrected chi connectivity index (χ2v) is 15.6. The van der Waals surface area contributed by atoms with Gasteiger partial charge in [0.2, 0.25) is 0 Å². The zero-order valence-electron chi connectivity index (χ0n) is 31.4. The molecule has 0 unspecified atom stereocenters. The van der Waals surface area contributed by atoms with Crippen LogP contribution in [0.25, 0.3) is 71.7 Å². The Labute approximate surface area is 335 Å². The summed E-state index contributed by atoms with van der Waals surface area (Å²) in [5.41, 5.74) is 18.5. The average Bonchev–Trinajstić information content (AvgIpc) is 3.93. The summed E-state index contributed by atoms with van der Waals surface area (Å²) in [6, 6.07) is 75.6. The summed E-state index contributed by atoms with van der Waals surface area (Å²) in [6.45, 7) is 0. The molecule has 3 nitrogen and oxygen atoms in total. The van der Waals surface area contributed by atoms with Crippen molar-refractivity contribution >= 4 is 60.8 Å². The summed E-state index contributed by atoms with van der Waals surface area (Å²) in [5, 5.41) is 4.77. The summed E-state index contributed by atoms with van der Waals surface area (Å²) in [7, 11) is 0. The van der Waals surface area contributed by atoms with Crippen molar-refractivity contribution in [3.63, 3.8) is 0 Å². The van der Waals surface area contributed by atoms with Crippen LogP contribution in [0.1, 0.15) is 22.3 Å². The van der Waals surface area contributed by atoms with Crippen molar-refractivity contribution in [3.8, 4) is 27.9 Å². The van der Waals surface area contributed by atoms with E-state index in [9.17, 15) is 0 Å². The summed E-state index contributed by atoms with van der Waals surface area (Å²) < 4.78 is 8.93. The first kappa shape index (κ1) is 31.6. The Morgan fingerprint density at radius 2 is 1.02 bits per heavy atom. The number of hydrogen-bond acceptors (Lipinski definition) is 2. The topological polar surface area (TPSA) is 21.3 Å². The number of furan rings is 1. The van der Waals surface area contributed by atoms with Crippen LogP contribution in [-0.4, -0.2) is 4.57 Å². The van der Waals surface area contributed by atoms with Crippen LogP contribution in [0.3, 0.4) is 0 Å². The highest BCUT2D eigenvalue weighted by atomic mass is 16.3. The molecule has 1 spiro atoms. The zero-order chi connectivity index (χ0) is 38.0. The summed E-state index contributed by atoms with van der Waals surface area (Å²) in [5.74, 6) is 0. The van der Waals surface area contributed by atoms with Crippen molar-refractivity contribution in [3.05, 3.63) is 229 Å². The van der Waals surface area contributed by atoms with Crippen LogP contribution in [-0.2, 0) is 5.41 Å². The molecule has 0 saturated carbocycles. The van der Waals surface area contributed by atoms with Crippen LogP contribution < -0.4 is 4.90 Å². The maximum absolute atomic E-state index is 6.41. The van der Waals surface area contributed by atoms with Gasteiger partial charge in [-0.25, -0.2) is 0 Å². The van der Waals surface area contributed by atoms with Crippen LogP contribution in [0.5, 0.6) is 0 Å². The largest absolute Gasteiger partial charge is 0.456 e. The predicted octanol–water partition coefficient (Wildman–Crippen LogP) is 14.5. The Morgan fingerprint density at radius 1 is 0.379 bits per heavy atom. The van der Waals surface area contributed by atoms with E-state index in [0.717, 1.165) is 44.6 Å². The normalized spacial score (nSPS) is 13.3. The molecular formula is C55H34N2O. The van der Waals surface area contributed by atoms with Gasteiger partial charge < -0.3 is 13.9 Å². The number of para-hydroxylation sites is 4. The molecule has 58 heavy (non-hydrogen) atoms. The second kappa shape index (κ2) is 11.7. The van der Waals surface area contributed by atoms with E-state index in [-0.39, 0.29) is 0 Å². The van der Waals surface area contributed by atoms with Gasteiger partial charge in [0.1, 0.15) is 11.2 Å². The monoisotopic (exact) mass is 738 g/mol. The first-order valence-corrected chi connectivity index (χ1v) is 20.0. The molecule has 1 aliphatic heterocycles. The van der Waals surface area contributed by atoms with Gasteiger partial charge >= 0.3 is 0 Å². The van der Waals surface area contributed by atoms with Crippen LogP contribution in [0.2, 0.25) is 0 Å². The van der Waals surface area contributed by atoms with Gasteiger partial charge in [-0.3, -0.25) is 0 Å². The molecule has 0 bridgehead atoms. The molecule has 270 valence electrons. The fourth-order valence-electron chi connectivity index (χ4n) is 10.4. The molecule has 2 aliphatic rings. The van der Waals surface area contributed by atoms with E-state index in [2.05, 4.69) is 204 Å². The quantitative estimate of drug-likeness (QED) is 0.179. The second-order valence-electron chi connectivity index (χ2n) is 15.6. The van der Waals surface area contributed by atoms with Gasteiger partial charge in [-0.15, -0.1) is 0 Å². The van der Waals surface area contributed by atoms with Gasteiger partial charge in [0.05, 0.1) is 22.1 Å². The molecule has 1 aliphatic carbocycles. The summed E-state index contributed by atoms with van der Waals surface area (Å²) >= 11 is 0. The molecule has 0 radical (unpaired) electrons. The number of fused-ring (bicyclic) bond motifs is 15. The van der Waals surface area contributed by atoms with Crippen molar-refractivity contribution < 1.29 is 4.42 Å². The van der Waals surface area contributed by atoms with E-state index < -0.39 is 5.41 Å². The van der Waals surface area contributed by atoms with Gasteiger partial charge in [-0.1, -0.05) is 133 Å². The molecule has 13 rings (SSSR count). The highest BCUT2D eigenvalue weighted by Gasteiger charge is 2.50. The van der Waals surface area contributed by atoms with E-state index in [4.69, 9.17) is 4.42 Å². The predicted molar refractivity (Wildman–Crippen MR) is 239 cm³/mol. The molecule has 0 N–H and O–H groups in total. The highest BCUT2D eigenvalue weighted by molar-refractivity contribution is 6.14. The van der Waals surface area contributed by atoms with Crippen molar-refractivity contribution in [2.75, 3.05) is 4.90 Å². The molecule has 11 aromatic rings. The van der Waals surface area contributed by atoms with E-state index in [1.165, 1.54) is 66.4 Å². The first-order valence-electron chi connectivity index (χ1n) is 20.0. The Bertz CT molecular complexity index is 3430. The average molecular weight is 739 g/mol. The standard InChI is InChI=1S/C55H34N2O/c1-2-16-37(17-3-1)56(39-29-30-44-43-22-7-13-28-52(43)58-53(44)34-39)38-18-14-15-35(31-38)36-32-45-42-21-6-11-26-50(42)57-51-27-12-10-25-48(51)55(49(33-36)54(45)57)46-23-8-4-19-40(46)41-20-5-9-24-47(41)55/h1-34H. The number of benzene rings is 9. The third-order valence-corrected chi connectivity index (χ3v) is 12.7. The van der Waals surface area contributed by atoms with Crippen LogP contribution in [0.4, 0.5) is 17.1 Å². The molecule has 3 heterocycles. The molecule has 0 amide bonds. The molecule has 0 saturated heterocycles. The Hall–Kier alpha value is -7.62. The Balaban J connectivity index is 1.08. The number of anilines is 3. The molecule has 2 aromatic heterocycles. The Morgan fingerprint density at radius 3 is 1.84 bits per heavy atom. The summed E-state index contributed by atoms with van der Waals surface area (Å²) in [4.78, 5) is 2.34. The van der Waals surface area contributed by atoms with Crippen LogP contribution in [0.15, 0.2) is 211 Å². The van der Waals surface area contributed by atoms with Gasteiger partial charge in [0.15, 0.2) is 0 Å². The fraction of sp³-hybridized carbons (Fsp3) is 0.0182. The Kier molecular flexibility index (Phi) is 6.37. The fourth-order valence-corrected chi connectivity index (χ4v) is 10.4.